The lowest BCUT2D eigenvalue weighted by atomic mass is 10.2. The second-order valence-corrected chi connectivity index (χ2v) is 6.12. The molecular formula is C17H18BrNO2. The number of halogens is 1. The van der Waals surface area contributed by atoms with Crippen LogP contribution in [0, 0.1) is 6.92 Å². The number of nitrogens with one attached hydrogen (secondary N) is 1. The Balaban J connectivity index is 1.71. The molecule has 1 aliphatic rings. The molecule has 4 heteroatoms. The molecule has 0 spiro atoms. The molecular weight excluding hydrogens is 330 g/mol. The number of benzene rings is 2. The Labute approximate surface area is 133 Å². The number of hydrogen-bond donors (Lipinski definition) is 1. The predicted molar refractivity (Wildman–Crippen MR) is 88.3 cm³/mol. The Hall–Kier alpha value is -1.68. The quantitative estimate of drug-likeness (QED) is 0.884. The van der Waals surface area contributed by atoms with Gasteiger partial charge in [0.25, 0.3) is 0 Å². The van der Waals surface area contributed by atoms with E-state index in [-0.39, 0.29) is 0 Å². The van der Waals surface area contributed by atoms with Crippen molar-refractivity contribution in [2.45, 2.75) is 19.9 Å². The van der Waals surface area contributed by atoms with Crippen molar-refractivity contribution in [1.29, 1.82) is 0 Å². The lowest BCUT2D eigenvalue weighted by molar-refractivity contribution is 0.297. The molecule has 2 aromatic carbocycles. The Morgan fingerprint density at radius 1 is 1.05 bits per heavy atom. The van der Waals surface area contributed by atoms with Gasteiger partial charge in [-0.25, -0.2) is 0 Å². The van der Waals surface area contributed by atoms with Gasteiger partial charge < -0.3 is 14.8 Å². The van der Waals surface area contributed by atoms with Crippen molar-refractivity contribution >= 4 is 21.6 Å². The predicted octanol–water partition coefficient (Wildman–Crippen LogP) is 4.53. The molecule has 0 radical (unpaired) electrons. The van der Waals surface area contributed by atoms with Gasteiger partial charge in [-0.05, 0) is 48.4 Å². The van der Waals surface area contributed by atoms with Gasteiger partial charge in [0.15, 0.2) is 11.5 Å². The second kappa shape index (κ2) is 6.39. The summed E-state index contributed by atoms with van der Waals surface area (Å²) in [4.78, 5) is 0. The summed E-state index contributed by atoms with van der Waals surface area (Å²) in [6.07, 6.45) is 0.930. The maximum absolute atomic E-state index is 5.72. The summed E-state index contributed by atoms with van der Waals surface area (Å²) in [6.45, 7) is 4.28. The van der Waals surface area contributed by atoms with Crippen LogP contribution in [0.2, 0.25) is 0 Å². The van der Waals surface area contributed by atoms with Crippen molar-refractivity contribution in [2.24, 2.45) is 0 Å². The summed E-state index contributed by atoms with van der Waals surface area (Å²) in [5, 5.41) is 3.44. The highest BCUT2D eigenvalue weighted by molar-refractivity contribution is 9.10. The Bertz CT molecular complexity index is 622. The minimum absolute atomic E-state index is 0.717. The van der Waals surface area contributed by atoms with E-state index in [9.17, 15) is 0 Å². The summed E-state index contributed by atoms with van der Waals surface area (Å²) < 4.78 is 12.5. The number of anilines is 1. The van der Waals surface area contributed by atoms with Crippen LogP contribution < -0.4 is 14.8 Å². The molecule has 1 heterocycles. The first kappa shape index (κ1) is 14.3. The van der Waals surface area contributed by atoms with E-state index in [1.165, 1.54) is 11.1 Å². The molecule has 0 bridgehead atoms. The fourth-order valence-electron chi connectivity index (χ4n) is 2.36. The number of aryl methyl sites for hydroxylation is 1. The van der Waals surface area contributed by atoms with Gasteiger partial charge in [0.05, 0.1) is 13.2 Å². The molecule has 0 saturated heterocycles. The van der Waals surface area contributed by atoms with Crippen LogP contribution in [0.25, 0.3) is 0 Å². The van der Waals surface area contributed by atoms with Crippen LogP contribution in [0.1, 0.15) is 17.5 Å². The van der Waals surface area contributed by atoms with Crippen molar-refractivity contribution in [1.82, 2.24) is 0 Å². The van der Waals surface area contributed by atoms with Gasteiger partial charge in [0.1, 0.15) is 0 Å². The van der Waals surface area contributed by atoms with Crippen LogP contribution in [0.15, 0.2) is 40.9 Å². The summed E-state index contributed by atoms with van der Waals surface area (Å²) in [5.74, 6) is 1.69. The Morgan fingerprint density at radius 2 is 1.86 bits per heavy atom. The van der Waals surface area contributed by atoms with E-state index in [1.54, 1.807) is 0 Å². The van der Waals surface area contributed by atoms with E-state index in [2.05, 4.69) is 58.5 Å². The maximum atomic E-state index is 5.72. The summed E-state index contributed by atoms with van der Waals surface area (Å²) >= 11 is 3.52. The molecule has 21 heavy (non-hydrogen) atoms. The largest absolute Gasteiger partial charge is 0.490 e. The summed E-state index contributed by atoms with van der Waals surface area (Å²) in [7, 11) is 0. The van der Waals surface area contributed by atoms with Gasteiger partial charge >= 0.3 is 0 Å². The van der Waals surface area contributed by atoms with Crippen LogP contribution in [0.5, 0.6) is 11.5 Å². The third-order valence-corrected chi connectivity index (χ3v) is 3.81. The van der Waals surface area contributed by atoms with E-state index in [4.69, 9.17) is 9.47 Å². The van der Waals surface area contributed by atoms with Gasteiger partial charge in [-0.3, -0.25) is 0 Å². The Morgan fingerprint density at radius 3 is 2.67 bits per heavy atom. The maximum Gasteiger partial charge on any atom is 0.161 e. The highest BCUT2D eigenvalue weighted by atomic mass is 79.9. The molecule has 0 aromatic heterocycles. The molecule has 3 nitrogen and oxygen atoms in total. The monoisotopic (exact) mass is 347 g/mol. The van der Waals surface area contributed by atoms with E-state index in [1.807, 2.05) is 6.07 Å². The molecule has 0 aliphatic carbocycles. The lowest BCUT2D eigenvalue weighted by Gasteiger charge is -2.11. The van der Waals surface area contributed by atoms with Crippen LogP contribution >= 0.6 is 15.9 Å². The van der Waals surface area contributed by atoms with Gasteiger partial charge in [-0.15, -0.1) is 0 Å². The highest BCUT2D eigenvalue weighted by Crippen LogP contribution is 2.30. The topological polar surface area (TPSA) is 30.5 Å². The number of hydrogen-bond acceptors (Lipinski definition) is 3. The molecule has 3 rings (SSSR count). The standard InChI is InChI=1S/C17H18BrNO2/c1-12-7-14(18)10-15(8-12)19-11-13-3-4-16-17(9-13)21-6-2-5-20-16/h3-4,7-10,19H,2,5-6,11H2,1H3. The van der Waals surface area contributed by atoms with Crippen LogP contribution in [0.3, 0.4) is 0 Å². The molecule has 0 atom stereocenters. The van der Waals surface area contributed by atoms with Crippen molar-refractivity contribution in [3.63, 3.8) is 0 Å². The third kappa shape index (κ3) is 3.70. The van der Waals surface area contributed by atoms with E-state index >= 15 is 0 Å². The fraction of sp³-hybridized carbons (Fsp3) is 0.294. The van der Waals surface area contributed by atoms with Crippen molar-refractivity contribution in [3.8, 4) is 11.5 Å². The van der Waals surface area contributed by atoms with Crippen molar-refractivity contribution in [3.05, 3.63) is 52.0 Å². The first-order valence-corrected chi connectivity index (χ1v) is 7.89. The second-order valence-electron chi connectivity index (χ2n) is 5.20. The molecule has 1 N–H and O–H groups in total. The van der Waals surface area contributed by atoms with Gasteiger partial charge in [-0.2, -0.15) is 0 Å². The first-order valence-electron chi connectivity index (χ1n) is 7.10. The number of rotatable bonds is 3. The normalized spacial score (nSPS) is 13.6. The van der Waals surface area contributed by atoms with Crippen LogP contribution in [0.4, 0.5) is 5.69 Å². The molecule has 0 unspecified atom stereocenters. The average Bonchev–Trinajstić information content (AvgIpc) is 2.68. The minimum atomic E-state index is 0.717. The number of ether oxygens (including phenoxy) is 2. The number of fused-ring (bicyclic) bond motifs is 1. The average molecular weight is 348 g/mol. The molecule has 2 aromatic rings. The Kier molecular flexibility index (Phi) is 4.34. The smallest absolute Gasteiger partial charge is 0.161 e. The van der Waals surface area contributed by atoms with Gasteiger partial charge in [-0.1, -0.05) is 22.0 Å². The molecule has 0 fully saturated rings. The molecule has 0 amide bonds. The molecule has 0 saturated carbocycles. The van der Waals surface area contributed by atoms with Crippen molar-refractivity contribution < 1.29 is 9.47 Å². The zero-order chi connectivity index (χ0) is 14.7. The zero-order valence-electron chi connectivity index (χ0n) is 12.0. The van der Waals surface area contributed by atoms with Crippen molar-refractivity contribution in [2.75, 3.05) is 18.5 Å². The van der Waals surface area contributed by atoms with Gasteiger partial charge in [0.2, 0.25) is 0 Å². The third-order valence-electron chi connectivity index (χ3n) is 3.35. The fourth-order valence-corrected chi connectivity index (χ4v) is 2.97. The zero-order valence-corrected chi connectivity index (χ0v) is 13.6. The molecule has 110 valence electrons. The SMILES string of the molecule is Cc1cc(Br)cc(NCc2ccc3c(c2)OCCCO3)c1. The van der Waals surface area contributed by atoms with Crippen LogP contribution in [-0.2, 0) is 6.54 Å². The first-order chi connectivity index (χ1) is 10.2. The minimum Gasteiger partial charge on any atom is -0.490 e. The van der Waals surface area contributed by atoms with Crippen LogP contribution in [-0.4, -0.2) is 13.2 Å². The lowest BCUT2D eigenvalue weighted by Crippen LogP contribution is -2.01. The highest BCUT2D eigenvalue weighted by Gasteiger charge is 2.10. The van der Waals surface area contributed by atoms with E-state index in [0.29, 0.717) is 6.61 Å². The van der Waals surface area contributed by atoms with Gasteiger partial charge in [0, 0.05) is 23.1 Å². The van der Waals surface area contributed by atoms with E-state index < -0.39 is 0 Å². The molecule has 1 aliphatic heterocycles. The summed E-state index contributed by atoms with van der Waals surface area (Å²) in [5.41, 5.74) is 3.51. The van der Waals surface area contributed by atoms with E-state index in [0.717, 1.165) is 41.2 Å². The summed E-state index contributed by atoms with van der Waals surface area (Å²) in [6, 6.07) is 12.4.